The zero-order valence-electron chi connectivity index (χ0n) is 9.91. The van der Waals surface area contributed by atoms with Crippen LogP contribution in [0.1, 0.15) is 0 Å². The van der Waals surface area contributed by atoms with Crippen molar-refractivity contribution >= 4 is 45.2 Å². The first-order valence-corrected chi connectivity index (χ1v) is 16.0. The van der Waals surface area contributed by atoms with E-state index in [1.54, 1.807) is 10.9 Å². The van der Waals surface area contributed by atoms with Crippen LogP contribution < -0.4 is 3.58 Å². The van der Waals surface area contributed by atoms with Gasteiger partial charge in [-0.05, 0) is 0 Å². The minimum absolute atomic E-state index is 0.398. The number of hydrogen-bond donors (Lipinski definition) is 0. The van der Waals surface area contributed by atoms with Crippen molar-refractivity contribution in [3.63, 3.8) is 0 Å². The summed E-state index contributed by atoms with van der Waals surface area (Å²) in [5.74, 6) is 0. The maximum atomic E-state index is 6.08. The molecule has 0 aliphatic carbocycles. The molecule has 2 rings (SSSR count). The Labute approximate surface area is 115 Å². The molecular formula is C11H13Cl2N3Sn. The monoisotopic (exact) mass is 377 g/mol. The van der Waals surface area contributed by atoms with Crippen molar-refractivity contribution in [2.75, 3.05) is 0 Å². The van der Waals surface area contributed by atoms with Gasteiger partial charge in [0.1, 0.15) is 0 Å². The molecule has 90 valence electrons. The zero-order valence-corrected chi connectivity index (χ0v) is 14.3. The van der Waals surface area contributed by atoms with Gasteiger partial charge >= 0.3 is 115 Å². The van der Waals surface area contributed by atoms with Crippen LogP contribution >= 0.6 is 23.2 Å². The van der Waals surface area contributed by atoms with Crippen LogP contribution in [-0.4, -0.2) is 33.4 Å². The van der Waals surface area contributed by atoms with Gasteiger partial charge in [0, 0.05) is 0 Å². The fourth-order valence-electron chi connectivity index (χ4n) is 1.67. The molecule has 0 spiro atoms. The first kappa shape index (κ1) is 13.2. The second-order valence-electron chi connectivity index (χ2n) is 4.90. The Balaban J connectivity index is 2.61. The number of nitrogens with zero attached hydrogens (tertiary/aromatic N) is 3. The second-order valence-corrected chi connectivity index (χ2v) is 20.1. The van der Waals surface area contributed by atoms with E-state index in [0.29, 0.717) is 5.15 Å². The molecule has 0 aliphatic heterocycles. The molecule has 0 amide bonds. The number of hydrogen-bond acceptors (Lipinski definition) is 2. The summed E-state index contributed by atoms with van der Waals surface area (Å²) in [4.78, 5) is 7.01. The molecule has 0 unspecified atom stereocenters. The molecule has 0 N–H and O–H groups in total. The van der Waals surface area contributed by atoms with Crippen molar-refractivity contribution in [3.8, 4) is 5.69 Å². The van der Waals surface area contributed by atoms with E-state index in [1.807, 2.05) is 18.2 Å². The molecule has 1 aromatic heterocycles. The summed E-state index contributed by atoms with van der Waals surface area (Å²) in [5, 5.41) is 8.99. The van der Waals surface area contributed by atoms with Crippen molar-refractivity contribution in [3.05, 3.63) is 34.6 Å². The number of benzene rings is 1. The Morgan fingerprint density at radius 2 is 1.88 bits per heavy atom. The summed E-state index contributed by atoms with van der Waals surface area (Å²) < 4.78 is 3.03. The average molecular weight is 377 g/mol. The van der Waals surface area contributed by atoms with E-state index >= 15 is 0 Å². The predicted octanol–water partition coefficient (Wildman–Crippen LogP) is 3.12. The summed E-state index contributed by atoms with van der Waals surface area (Å²) in [5.41, 5.74) is 1.04. The Kier molecular flexibility index (Phi) is 3.71. The minimum atomic E-state index is -2.25. The van der Waals surface area contributed by atoms with Crippen LogP contribution in [0.3, 0.4) is 0 Å². The molecule has 0 saturated heterocycles. The first-order chi connectivity index (χ1) is 7.88. The van der Waals surface area contributed by atoms with Crippen molar-refractivity contribution in [2.45, 2.75) is 14.8 Å². The van der Waals surface area contributed by atoms with E-state index in [0.717, 1.165) is 10.7 Å². The number of aromatic nitrogens is 3. The third kappa shape index (κ3) is 2.95. The molecule has 0 bridgehead atoms. The van der Waals surface area contributed by atoms with Crippen LogP contribution in [0, 0.1) is 0 Å². The molecular weight excluding hydrogens is 364 g/mol. The van der Waals surface area contributed by atoms with Crippen molar-refractivity contribution < 1.29 is 0 Å². The predicted molar refractivity (Wildman–Crippen MR) is 74.4 cm³/mol. The Hall–Kier alpha value is -0.261. The summed E-state index contributed by atoms with van der Waals surface area (Å²) >= 11 is 9.63. The van der Waals surface area contributed by atoms with Gasteiger partial charge in [0.2, 0.25) is 0 Å². The SMILES string of the molecule is [CH3][Sn]([CH3])([CH3])[c]1cc(Cl)ccc1-n1cc(Cl)nn1. The van der Waals surface area contributed by atoms with Gasteiger partial charge in [-0.1, -0.05) is 0 Å². The van der Waals surface area contributed by atoms with Crippen LogP contribution in [0.4, 0.5) is 0 Å². The summed E-state index contributed by atoms with van der Waals surface area (Å²) in [6.07, 6.45) is 1.71. The van der Waals surface area contributed by atoms with Crippen molar-refractivity contribution in [1.82, 2.24) is 15.0 Å². The molecule has 1 aromatic carbocycles. The van der Waals surface area contributed by atoms with E-state index in [2.05, 4.69) is 25.1 Å². The molecule has 0 atom stereocenters. The standard InChI is InChI=1S/C8H4Cl2N3.3CH3.Sn/c9-6-1-3-7(4-2-6)13-5-8(10)11-12-13;;;;/h1-3,5H;3*1H3;. The van der Waals surface area contributed by atoms with Gasteiger partial charge in [-0.2, -0.15) is 0 Å². The summed E-state index contributed by atoms with van der Waals surface area (Å²) in [6.45, 7) is 0. The molecule has 3 nitrogen and oxygen atoms in total. The molecule has 0 fully saturated rings. The van der Waals surface area contributed by atoms with Gasteiger partial charge in [0.25, 0.3) is 0 Å². The maximum absolute atomic E-state index is 6.08. The average Bonchev–Trinajstić information content (AvgIpc) is 2.63. The number of rotatable bonds is 2. The molecule has 0 radical (unpaired) electrons. The van der Waals surface area contributed by atoms with E-state index in [1.165, 1.54) is 3.58 Å². The van der Waals surface area contributed by atoms with Crippen LogP contribution in [0.15, 0.2) is 24.4 Å². The fraction of sp³-hybridized carbons (Fsp3) is 0.273. The van der Waals surface area contributed by atoms with E-state index in [-0.39, 0.29) is 0 Å². The Bertz CT molecular complexity index is 546. The van der Waals surface area contributed by atoms with Gasteiger partial charge < -0.3 is 0 Å². The third-order valence-electron chi connectivity index (χ3n) is 2.48. The molecule has 1 heterocycles. The molecule has 0 saturated carbocycles. The summed E-state index contributed by atoms with van der Waals surface area (Å²) in [6, 6.07) is 5.89. The van der Waals surface area contributed by atoms with Gasteiger partial charge in [-0.15, -0.1) is 0 Å². The van der Waals surface area contributed by atoms with Gasteiger partial charge in [0.15, 0.2) is 0 Å². The second kappa shape index (κ2) is 4.78. The Morgan fingerprint density at radius 3 is 2.41 bits per heavy atom. The summed E-state index contributed by atoms with van der Waals surface area (Å²) in [7, 11) is 0. The topological polar surface area (TPSA) is 30.7 Å². The van der Waals surface area contributed by atoms with Crippen LogP contribution in [0.5, 0.6) is 0 Å². The normalized spacial score (nSPS) is 11.8. The zero-order chi connectivity index (χ0) is 12.6. The van der Waals surface area contributed by atoms with E-state index in [4.69, 9.17) is 23.2 Å². The molecule has 17 heavy (non-hydrogen) atoms. The van der Waals surface area contributed by atoms with Gasteiger partial charge in [-0.3, -0.25) is 0 Å². The van der Waals surface area contributed by atoms with Crippen molar-refractivity contribution in [2.24, 2.45) is 0 Å². The Morgan fingerprint density at radius 1 is 1.18 bits per heavy atom. The fourth-order valence-corrected chi connectivity index (χ4v) is 6.67. The molecule has 6 heteroatoms. The van der Waals surface area contributed by atoms with Crippen LogP contribution in [0.2, 0.25) is 25.0 Å². The van der Waals surface area contributed by atoms with Gasteiger partial charge in [-0.25, -0.2) is 0 Å². The van der Waals surface area contributed by atoms with E-state index in [9.17, 15) is 0 Å². The van der Waals surface area contributed by atoms with Gasteiger partial charge in [0.05, 0.1) is 0 Å². The quantitative estimate of drug-likeness (QED) is 0.754. The first-order valence-electron chi connectivity index (χ1n) is 5.26. The van der Waals surface area contributed by atoms with E-state index < -0.39 is 18.4 Å². The van der Waals surface area contributed by atoms with Crippen molar-refractivity contribution in [1.29, 1.82) is 0 Å². The van der Waals surface area contributed by atoms with Crippen LogP contribution in [-0.2, 0) is 0 Å². The van der Waals surface area contributed by atoms with Crippen LogP contribution in [0.25, 0.3) is 5.69 Å². The third-order valence-corrected chi connectivity index (χ3v) is 8.64. The molecule has 0 aliphatic rings. The number of halogens is 2. The molecule has 2 aromatic rings.